The summed E-state index contributed by atoms with van der Waals surface area (Å²) in [4.78, 5) is 12.5. The van der Waals surface area contributed by atoms with Crippen molar-refractivity contribution >= 4 is 110 Å². The minimum atomic E-state index is -1.95. The van der Waals surface area contributed by atoms with E-state index in [2.05, 4.69) is 16.0 Å². The monoisotopic (exact) mass is 537 g/mol. The average Bonchev–Trinajstić information content (AvgIpc) is 2.56. The van der Waals surface area contributed by atoms with Crippen molar-refractivity contribution in [2.75, 3.05) is 5.32 Å². The number of amides is 1. The third kappa shape index (κ3) is 6.85. The molecule has 4 nitrogen and oxygen atoms in total. The van der Waals surface area contributed by atoms with Crippen LogP contribution in [0.4, 0.5) is 5.69 Å². The number of anilines is 1. The Morgan fingerprint density at radius 1 is 0.893 bits per heavy atom. The lowest BCUT2D eigenvalue weighted by molar-refractivity contribution is 0.0934. The molecule has 0 spiro atoms. The van der Waals surface area contributed by atoms with Gasteiger partial charge in [-0.2, -0.15) is 0 Å². The molecule has 0 aromatic heterocycles. The fourth-order valence-electron chi connectivity index (χ4n) is 1.96. The summed E-state index contributed by atoms with van der Waals surface area (Å²) in [5.41, 5.74) is 0.575. The Kier molecular flexibility index (Phi) is 8.62. The minimum Gasteiger partial charge on any atom is -0.339 e. The molecule has 2 aromatic carbocycles. The first-order valence-electron chi connectivity index (χ1n) is 7.32. The van der Waals surface area contributed by atoms with Crippen molar-refractivity contribution in [3.63, 3.8) is 0 Å². The molecule has 0 saturated heterocycles. The number of nitrogens with one attached hydrogen (secondary N) is 3. The van der Waals surface area contributed by atoms with E-state index in [0.717, 1.165) is 0 Å². The predicted molar refractivity (Wildman–Crippen MR) is 124 cm³/mol. The van der Waals surface area contributed by atoms with Crippen LogP contribution in [-0.2, 0) is 0 Å². The van der Waals surface area contributed by atoms with Gasteiger partial charge in [-0.1, -0.05) is 81.2 Å². The van der Waals surface area contributed by atoms with Gasteiger partial charge in [0.25, 0.3) is 5.91 Å². The zero-order chi connectivity index (χ0) is 21.1. The number of hydrogen-bond acceptors (Lipinski definition) is 2. The van der Waals surface area contributed by atoms with Crippen molar-refractivity contribution in [1.29, 1.82) is 0 Å². The number of benzene rings is 2. The van der Waals surface area contributed by atoms with Crippen LogP contribution in [-0.4, -0.2) is 21.0 Å². The van der Waals surface area contributed by atoms with E-state index in [0.29, 0.717) is 20.8 Å². The maximum absolute atomic E-state index is 12.5. The second-order valence-electron chi connectivity index (χ2n) is 5.29. The largest absolute Gasteiger partial charge is 0.339 e. The van der Waals surface area contributed by atoms with Crippen LogP contribution < -0.4 is 16.0 Å². The van der Waals surface area contributed by atoms with Gasteiger partial charge in [-0.3, -0.25) is 4.79 Å². The molecule has 0 unspecified atom stereocenters. The van der Waals surface area contributed by atoms with Gasteiger partial charge in [-0.25, -0.2) is 0 Å². The van der Waals surface area contributed by atoms with Crippen LogP contribution >= 0.6 is 93.4 Å². The van der Waals surface area contributed by atoms with Gasteiger partial charge >= 0.3 is 0 Å². The van der Waals surface area contributed by atoms with Crippen LogP contribution in [0.2, 0.25) is 20.1 Å². The second kappa shape index (κ2) is 10.1. The SMILES string of the molecule is O=C(N[C@@H](NC(=S)Nc1cc(Cl)ccc1Cl)C(Cl)(Cl)Cl)c1ccc(Cl)cc1Cl. The highest BCUT2D eigenvalue weighted by atomic mass is 35.6. The zero-order valence-electron chi connectivity index (χ0n) is 13.5. The summed E-state index contributed by atoms with van der Waals surface area (Å²) in [5.74, 6) is -0.603. The zero-order valence-corrected chi connectivity index (χ0v) is 19.6. The van der Waals surface area contributed by atoms with Gasteiger partial charge < -0.3 is 16.0 Å². The van der Waals surface area contributed by atoms with Gasteiger partial charge in [0.15, 0.2) is 5.11 Å². The summed E-state index contributed by atoms with van der Waals surface area (Å²) in [6.45, 7) is 0. The molecular weight excluding hydrogens is 530 g/mol. The first kappa shape index (κ1) is 23.9. The normalized spacial score (nSPS) is 12.2. The van der Waals surface area contributed by atoms with Crippen molar-refractivity contribution in [2.45, 2.75) is 9.96 Å². The van der Waals surface area contributed by atoms with Crippen molar-refractivity contribution in [3.05, 3.63) is 62.1 Å². The Morgan fingerprint density at radius 3 is 2.11 bits per heavy atom. The van der Waals surface area contributed by atoms with E-state index in [1.807, 2.05) is 0 Å². The van der Waals surface area contributed by atoms with Crippen LogP contribution in [0.25, 0.3) is 0 Å². The molecule has 0 aliphatic rings. The molecule has 2 aromatic rings. The molecular formula is C16H10Cl7N3OS. The molecule has 28 heavy (non-hydrogen) atoms. The maximum Gasteiger partial charge on any atom is 0.254 e. The molecule has 0 aliphatic heterocycles. The van der Waals surface area contributed by atoms with Crippen molar-refractivity contribution < 1.29 is 4.79 Å². The summed E-state index contributed by atoms with van der Waals surface area (Å²) in [7, 11) is 0. The molecule has 150 valence electrons. The number of alkyl halides is 3. The number of thiocarbonyl (C=S) groups is 1. The van der Waals surface area contributed by atoms with Gasteiger partial charge in [0.2, 0.25) is 3.79 Å². The molecule has 0 fully saturated rings. The Hall–Kier alpha value is -0.370. The van der Waals surface area contributed by atoms with Crippen molar-refractivity contribution in [2.24, 2.45) is 0 Å². The summed E-state index contributed by atoms with van der Waals surface area (Å²) in [5, 5.41) is 9.40. The first-order chi connectivity index (χ1) is 13.0. The van der Waals surface area contributed by atoms with Crippen LogP contribution in [0, 0.1) is 0 Å². The Labute approximate surface area is 201 Å². The molecule has 12 heteroatoms. The molecule has 0 radical (unpaired) electrons. The molecule has 1 atom stereocenters. The van der Waals surface area contributed by atoms with Crippen LogP contribution in [0.5, 0.6) is 0 Å². The molecule has 2 rings (SSSR count). The highest BCUT2D eigenvalue weighted by Crippen LogP contribution is 2.30. The number of rotatable bonds is 4. The van der Waals surface area contributed by atoms with E-state index < -0.39 is 15.9 Å². The Balaban J connectivity index is 2.14. The summed E-state index contributed by atoms with van der Waals surface area (Å²) >= 11 is 47.0. The second-order valence-corrected chi connectivity index (χ2v) is 9.76. The lowest BCUT2D eigenvalue weighted by Crippen LogP contribution is -2.56. The molecule has 0 aliphatic carbocycles. The molecule has 1 amide bonds. The maximum atomic E-state index is 12.5. The molecule has 0 heterocycles. The molecule has 3 N–H and O–H groups in total. The van der Waals surface area contributed by atoms with E-state index in [9.17, 15) is 4.79 Å². The molecule has 0 bridgehead atoms. The quantitative estimate of drug-likeness (QED) is 0.229. The Morgan fingerprint density at radius 2 is 1.50 bits per heavy atom. The lowest BCUT2D eigenvalue weighted by Gasteiger charge is -2.28. The summed E-state index contributed by atoms with van der Waals surface area (Å²) in [6, 6.07) is 9.14. The van der Waals surface area contributed by atoms with E-state index in [1.165, 1.54) is 18.2 Å². The average molecular weight is 541 g/mol. The smallest absolute Gasteiger partial charge is 0.254 e. The predicted octanol–water partition coefficient (Wildman–Crippen LogP) is 6.71. The topological polar surface area (TPSA) is 53.2 Å². The van der Waals surface area contributed by atoms with Gasteiger partial charge in [0.05, 0.1) is 21.3 Å². The van der Waals surface area contributed by atoms with Crippen LogP contribution in [0.1, 0.15) is 10.4 Å². The third-order valence-electron chi connectivity index (χ3n) is 3.23. The molecule has 0 saturated carbocycles. The highest BCUT2D eigenvalue weighted by Gasteiger charge is 2.35. The minimum absolute atomic E-state index is 0.0306. The van der Waals surface area contributed by atoms with Crippen molar-refractivity contribution in [3.8, 4) is 0 Å². The number of carbonyl (C=O) groups excluding carboxylic acids is 1. The lowest BCUT2D eigenvalue weighted by atomic mass is 10.2. The van der Waals surface area contributed by atoms with Crippen LogP contribution in [0.3, 0.4) is 0 Å². The van der Waals surface area contributed by atoms with Gasteiger partial charge in [0.1, 0.15) is 6.17 Å². The van der Waals surface area contributed by atoms with Crippen molar-refractivity contribution in [1.82, 2.24) is 10.6 Å². The van der Waals surface area contributed by atoms with E-state index in [4.69, 9.17) is 93.4 Å². The van der Waals surface area contributed by atoms with E-state index in [-0.39, 0.29) is 15.7 Å². The number of halogens is 7. The summed E-state index contributed by atoms with van der Waals surface area (Å²) < 4.78 is -1.95. The standard InChI is InChI=1S/C16H10Cl7N3OS/c17-7-1-3-9(11(20)5-7)13(27)25-14(16(21,22)23)26-15(28)24-12-6-8(18)2-4-10(12)19/h1-6,14H,(H,25,27)(H2,24,26,28)/t14-/m0/s1. The number of carbonyl (C=O) groups is 1. The van der Waals surface area contributed by atoms with Gasteiger partial charge in [-0.15, -0.1) is 0 Å². The summed E-state index contributed by atoms with van der Waals surface area (Å²) in [6.07, 6.45) is -1.20. The van der Waals surface area contributed by atoms with Gasteiger partial charge in [-0.05, 0) is 48.6 Å². The Bertz CT molecular complexity index is 904. The number of hydrogen-bond donors (Lipinski definition) is 3. The van der Waals surface area contributed by atoms with E-state index in [1.54, 1.807) is 18.2 Å². The fourth-order valence-corrected chi connectivity index (χ4v) is 3.35. The fraction of sp³-hybridized carbons (Fsp3) is 0.125. The third-order valence-corrected chi connectivity index (χ3v) is 5.22. The van der Waals surface area contributed by atoms with Crippen LogP contribution in [0.15, 0.2) is 36.4 Å². The highest BCUT2D eigenvalue weighted by molar-refractivity contribution is 7.80. The first-order valence-corrected chi connectivity index (χ1v) is 10.4. The van der Waals surface area contributed by atoms with Gasteiger partial charge in [0, 0.05) is 10.0 Å². The van der Waals surface area contributed by atoms with E-state index >= 15 is 0 Å².